The molecule has 0 unspecified atom stereocenters. The fourth-order valence-corrected chi connectivity index (χ4v) is 1.72. The van der Waals surface area contributed by atoms with Gasteiger partial charge in [-0.1, -0.05) is 19.1 Å². The van der Waals surface area contributed by atoms with E-state index in [9.17, 15) is 4.79 Å². The first-order chi connectivity index (χ1) is 8.19. The summed E-state index contributed by atoms with van der Waals surface area (Å²) in [6.45, 7) is 2.73. The SMILES string of the molecule is CCCC(=O)N(C)c1ccc(CCCN)cc1. The Morgan fingerprint density at radius 2 is 1.94 bits per heavy atom. The first-order valence-corrected chi connectivity index (χ1v) is 6.24. The summed E-state index contributed by atoms with van der Waals surface area (Å²) in [5.74, 6) is 0.169. The lowest BCUT2D eigenvalue weighted by atomic mass is 10.1. The van der Waals surface area contributed by atoms with Gasteiger partial charge in [-0.2, -0.15) is 0 Å². The van der Waals surface area contributed by atoms with E-state index in [0.29, 0.717) is 6.42 Å². The van der Waals surface area contributed by atoms with Crippen LogP contribution in [0.4, 0.5) is 5.69 Å². The third kappa shape index (κ3) is 4.19. The minimum absolute atomic E-state index is 0.169. The normalized spacial score (nSPS) is 10.3. The Bertz CT molecular complexity index is 346. The van der Waals surface area contributed by atoms with Crippen LogP contribution in [0, 0.1) is 0 Å². The van der Waals surface area contributed by atoms with E-state index >= 15 is 0 Å². The van der Waals surface area contributed by atoms with E-state index in [1.807, 2.05) is 26.1 Å². The van der Waals surface area contributed by atoms with E-state index in [1.165, 1.54) is 5.56 Å². The maximum Gasteiger partial charge on any atom is 0.226 e. The molecule has 0 saturated heterocycles. The highest BCUT2D eigenvalue weighted by molar-refractivity contribution is 5.92. The number of benzene rings is 1. The second kappa shape index (κ2) is 7.07. The number of nitrogens with zero attached hydrogens (tertiary/aromatic N) is 1. The van der Waals surface area contributed by atoms with E-state index in [1.54, 1.807) is 4.90 Å². The molecule has 1 rings (SSSR count). The van der Waals surface area contributed by atoms with Crippen LogP contribution in [0.3, 0.4) is 0 Å². The molecule has 0 radical (unpaired) electrons. The molecule has 17 heavy (non-hydrogen) atoms. The van der Waals surface area contributed by atoms with Gasteiger partial charge in [0.05, 0.1) is 0 Å². The molecule has 0 aliphatic rings. The molecule has 0 fully saturated rings. The Balaban J connectivity index is 2.63. The molecule has 1 amide bonds. The van der Waals surface area contributed by atoms with Crippen molar-refractivity contribution in [2.24, 2.45) is 5.73 Å². The van der Waals surface area contributed by atoms with Crippen LogP contribution in [0.15, 0.2) is 24.3 Å². The number of nitrogens with two attached hydrogens (primary N) is 1. The van der Waals surface area contributed by atoms with Crippen molar-refractivity contribution in [3.8, 4) is 0 Å². The lowest BCUT2D eigenvalue weighted by Crippen LogP contribution is -2.25. The first kappa shape index (κ1) is 13.7. The van der Waals surface area contributed by atoms with Gasteiger partial charge in [-0.15, -0.1) is 0 Å². The van der Waals surface area contributed by atoms with Crippen molar-refractivity contribution in [3.05, 3.63) is 29.8 Å². The molecule has 0 saturated carbocycles. The second-order valence-corrected chi connectivity index (χ2v) is 4.26. The van der Waals surface area contributed by atoms with Crippen molar-refractivity contribution in [2.75, 3.05) is 18.5 Å². The Kier molecular flexibility index (Phi) is 5.70. The zero-order valence-electron chi connectivity index (χ0n) is 10.8. The van der Waals surface area contributed by atoms with Crippen LogP contribution in [0.5, 0.6) is 0 Å². The van der Waals surface area contributed by atoms with Crippen molar-refractivity contribution in [3.63, 3.8) is 0 Å². The van der Waals surface area contributed by atoms with Gasteiger partial charge < -0.3 is 10.6 Å². The predicted molar refractivity (Wildman–Crippen MR) is 72.1 cm³/mol. The molecule has 0 aliphatic heterocycles. The molecular weight excluding hydrogens is 212 g/mol. The van der Waals surface area contributed by atoms with Crippen molar-refractivity contribution in [2.45, 2.75) is 32.6 Å². The van der Waals surface area contributed by atoms with Gasteiger partial charge in [-0.25, -0.2) is 0 Å². The van der Waals surface area contributed by atoms with Gasteiger partial charge in [0.15, 0.2) is 0 Å². The molecule has 2 N–H and O–H groups in total. The fourth-order valence-electron chi connectivity index (χ4n) is 1.72. The van der Waals surface area contributed by atoms with Crippen LogP contribution >= 0.6 is 0 Å². The van der Waals surface area contributed by atoms with E-state index in [-0.39, 0.29) is 5.91 Å². The maximum atomic E-state index is 11.7. The van der Waals surface area contributed by atoms with Gasteiger partial charge in [-0.3, -0.25) is 4.79 Å². The summed E-state index contributed by atoms with van der Waals surface area (Å²) < 4.78 is 0. The number of amides is 1. The predicted octanol–water partition coefficient (Wildman–Crippen LogP) is 2.34. The fraction of sp³-hybridized carbons (Fsp3) is 0.500. The first-order valence-electron chi connectivity index (χ1n) is 6.24. The molecule has 0 heterocycles. The molecule has 0 aromatic heterocycles. The zero-order chi connectivity index (χ0) is 12.7. The highest BCUT2D eigenvalue weighted by atomic mass is 16.2. The maximum absolute atomic E-state index is 11.7. The number of carbonyl (C=O) groups excluding carboxylic acids is 1. The van der Waals surface area contributed by atoms with Crippen LogP contribution in [-0.4, -0.2) is 19.5 Å². The summed E-state index contributed by atoms with van der Waals surface area (Å²) in [6.07, 6.45) is 3.50. The van der Waals surface area contributed by atoms with Crippen LogP contribution in [0.25, 0.3) is 0 Å². The molecular formula is C14H22N2O. The van der Waals surface area contributed by atoms with E-state index in [2.05, 4.69) is 12.1 Å². The number of aryl methyl sites for hydroxylation is 1. The zero-order valence-corrected chi connectivity index (χ0v) is 10.8. The summed E-state index contributed by atoms with van der Waals surface area (Å²) in [5, 5.41) is 0. The molecule has 1 aromatic carbocycles. The Labute approximate surface area is 104 Å². The average Bonchev–Trinajstić information content (AvgIpc) is 2.36. The highest BCUT2D eigenvalue weighted by Crippen LogP contribution is 2.15. The lowest BCUT2D eigenvalue weighted by Gasteiger charge is -2.17. The highest BCUT2D eigenvalue weighted by Gasteiger charge is 2.08. The van der Waals surface area contributed by atoms with E-state index in [4.69, 9.17) is 5.73 Å². The van der Waals surface area contributed by atoms with E-state index in [0.717, 1.165) is 31.5 Å². The smallest absolute Gasteiger partial charge is 0.226 e. The molecule has 1 aromatic rings. The Morgan fingerprint density at radius 3 is 2.47 bits per heavy atom. The Hall–Kier alpha value is -1.35. The van der Waals surface area contributed by atoms with Crippen molar-refractivity contribution in [1.29, 1.82) is 0 Å². The summed E-state index contributed by atoms with van der Waals surface area (Å²) in [6, 6.07) is 8.14. The van der Waals surface area contributed by atoms with Gasteiger partial charge in [0, 0.05) is 19.2 Å². The standard InChI is InChI=1S/C14H22N2O/c1-3-5-14(17)16(2)13-9-7-12(8-10-13)6-4-11-15/h7-10H,3-6,11,15H2,1-2H3. The number of hydrogen-bond acceptors (Lipinski definition) is 2. The monoisotopic (exact) mass is 234 g/mol. The average molecular weight is 234 g/mol. The molecule has 0 bridgehead atoms. The van der Waals surface area contributed by atoms with Gasteiger partial charge >= 0.3 is 0 Å². The molecule has 94 valence electrons. The number of anilines is 1. The second-order valence-electron chi connectivity index (χ2n) is 4.26. The van der Waals surface area contributed by atoms with Gasteiger partial charge in [0.2, 0.25) is 5.91 Å². The quantitative estimate of drug-likeness (QED) is 0.821. The van der Waals surface area contributed by atoms with Gasteiger partial charge in [0.1, 0.15) is 0 Å². The summed E-state index contributed by atoms with van der Waals surface area (Å²) in [4.78, 5) is 13.4. The minimum Gasteiger partial charge on any atom is -0.330 e. The van der Waals surface area contributed by atoms with Crippen molar-refractivity contribution < 1.29 is 4.79 Å². The van der Waals surface area contributed by atoms with Crippen LogP contribution in [-0.2, 0) is 11.2 Å². The van der Waals surface area contributed by atoms with Crippen molar-refractivity contribution in [1.82, 2.24) is 0 Å². The topological polar surface area (TPSA) is 46.3 Å². The summed E-state index contributed by atoms with van der Waals surface area (Å²) in [5.41, 5.74) is 7.71. The van der Waals surface area contributed by atoms with Crippen LogP contribution in [0.1, 0.15) is 31.7 Å². The minimum atomic E-state index is 0.169. The lowest BCUT2D eigenvalue weighted by molar-refractivity contribution is -0.118. The molecule has 3 nitrogen and oxygen atoms in total. The molecule has 0 aliphatic carbocycles. The number of rotatable bonds is 6. The molecule has 3 heteroatoms. The number of hydrogen-bond donors (Lipinski definition) is 1. The molecule has 0 spiro atoms. The van der Waals surface area contributed by atoms with Crippen LogP contribution < -0.4 is 10.6 Å². The Morgan fingerprint density at radius 1 is 1.29 bits per heavy atom. The summed E-state index contributed by atoms with van der Waals surface area (Å²) >= 11 is 0. The molecule has 0 atom stereocenters. The third-order valence-electron chi connectivity index (χ3n) is 2.83. The third-order valence-corrected chi connectivity index (χ3v) is 2.83. The summed E-state index contributed by atoms with van der Waals surface area (Å²) in [7, 11) is 1.83. The number of carbonyl (C=O) groups is 1. The van der Waals surface area contributed by atoms with Gasteiger partial charge in [-0.05, 0) is 43.5 Å². The van der Waals surface area contributed by atoms with Gasteiger partial charge in [0.25, 0.3) is 0 Å². The van der Waals surface area contributed by atoms with Crippen molar-refractivity contribution >= 4 is 11.6 Å². The van der Waals surface area contributed by atoms with Crippen LogP contribution in [0.2, 0.25) is 0 Å². The van der Waals surface area contributed by atoms with E-state index < -0.39 is 0 Å². The largest absolute Gasteiger partial charge is 0.330 e.